The molecule has 5 aromatic heterocycles. The lowest BCUT2D eigenvalue weighted by molar-refractivity contribution is 0.620. The molecule has 12 rings (SSSR count). The Balaban J connectivity index is 1.09. The zero-order chi connectivity index (χ0) is 38.2. The fourth-order valence-corrected chi connectivity index (χ4v) is 9.68. The highest BCUT2D eigenvalue weighted by Crippen LogP contribution is 2.41. The molecule has 0 radical (unpaired) electrons. The van der Waals surface area contributed by atoms with Crippen molar-refractivity contribution in [2.75, 3.05) is 0 Å². The molecule has 12 aromatic rings. The van der Waals surface area contributed by atoms with Crippen molar-refractivity contribution >= 4 is 75.2 Å². The number of benzene rings is 7. The quantitative estimate of drug-likeness (QED) is 0.179. The fraction of sp³-hybridized carbons (Fsp3) is 0. The normalized spacial score (nSPS) is 11.8. The third-order valence-corrected chi connectivity index (χ3v) is 12.6. The number of thiophene rings is 1. The Kier molecular flexibility index (Phi) is 7.40. The zero-order valence-corrected chi connectivity index (χ0v) is 32.1. The number of aromatic amines is 1. The number of aromatic nitrogens is 7. The summed E-state index contributed by atoms with van der Waals surface area (Å²) in [5, 5.41) is 3.17. The second-order valence-corrected chi connectivity index (χ2v) is 16.2. The molecule has 7 aromatic carbocycles. The van der Waals surface area contributed by atoms with Crippen molar-refractivity contribution in [3.8, 4) is 67.6 Å². The third kappa shape index (κ3) is 5.57. The van der Waals surface area contributed by atoms with E-state index in [1.54, 1.807) is 22.7 Å². The van der Waals surface area contributed by atoms with E-state index < -0.39 is 0 Å². The summed E-state index contributed by atoms with van der Waals surface area (Å²) in [6, 6.07) is 53.4. The number of H-pyrrole nitrogens is 1. The van der Waals surface area contributed by atoms with Gasteiger partial charge in [0.2, 0.25) is 5.89 Å². The molecule has 0 atom stereocenters. The van der Waals surface area contributed by atoms with Gasteiger partial charge in [-0.2, -0.15) is 0 Å². The highest BCUT2D eigenvalue weighted by molar-refractivity contribution is 7.26. The summed E-state index contributed by atoms with van der Waals surface area (Å²) < 4.78 is 9.84. The summed E-state index contributed by atoms with van der Waals surface area (Å²) in [4.78, 5) is 34.1. The Morgan fingerprint density at radius 1 is 0.431 bits per heavy atom. The number of oxazole rings is 1. The van der Waals surface area contributed by atoms with E-state index in [1.807, 2.05) is 72.8 Å². The monoisotopic (exact) mass is 781 g/mol. The van der Waals surface area contributed by atoms with Gasteiger partial charge in [-0.15, -0.1) is 22.7 Å². The largest absolute Gasteiger partial charge is 0.436 e. The maximum atomic E-state index is 6.35. The highest BCUT2D eigenvalue weighted by atomic mass is 32.1. The number of hydrogen-bond donors (Lipinski definition) is 1. The van der Waals surface area contributed by atoms with Crippen LogP contribution < -0.4 is 0 Å². The first kappa shape index (κ1) is 32.8. The van der Waals surface area contributed by atoms with Gasteiger partial charge in [0, 0.05) is 53.6 Å². The van der Waals surface area contributed by atoms with Crippen LogP contribution in [0.25, 0.3) is 120 Å². The number of hydrogen-bond acceptors (Lipinski definition) is 9. The van der Waals surface area contributed by atoms with Gasteiger partial charge in [-0.3, -0.25) is 0 Å². The summed E-state index contributed by atoms with van der Waals surface area (Å²) in [5.74, 6) is 2.96. The van der Waals surface area contributed by atoms with Crippen molar-refractivity contribution in [1.82, 2.24) is 34.9 Å². The first-order chi connectivity index (χ1) is 28.7. The molecule has 10 heteroatoms. The average molecular weight is 782 g/mol. The third-order valence-electron chi connectivity index (χ3n) is 10.3. The lowest BCUT2D eigenvalue weighted by Gasteiger charge is -2.11. The van der Waals surface area contributed by atoms with Crippen LogP contribution in [0.4, 0.5) is 0 Å². The van der Waals surface area contributed by atoms with Gasteiger partial charge in [0.25, 0.3) is 0 Å². The molecule has 58 heavy (non-hydrogen) atoms. The van der Waals surface area contributed by atoms with E-state index in [9.17, 15) is 0 Å². The SMILES string of the molecule is c1ccc(-c2nc3ccc(-c4nc(-c5cc(-c6nc7ccccc7o6)cc(-c6nc7ccccc7s6)c5)nc(-c5cccc6sc7ccccc7c56)n4)cc3[nH]2)cc1. The lowest BCUT2D eigenvalue weighted by Crippen LogP contribution is -2.01. The van der Waals surface area contributed by atoms with E-state index in [4.69, 9.17) is 34.3 Å². The number of nitrogens with zero attached hydrogens (tertiary/aromatic N) is 6. The second kappa shape index (κ2) is 13.1. The van der Waals surface area contributed by atoms with Gasteiger partial charge in [-0.05, 0) is 72.8 Å². The van der Waals surface area contributed by atoms with Crippen LogP contribution in [0.5, 0.6) is 0 Å². The van der Waals surface area contributed by atoms with Crippen LogP contribution in [0.1, 0.15) is 0 Å². The van der Waals surface area contributed by atoms with Gasteiger partial charge in [-0.25, -0.2) is 29.9 Å². The topological polar surface area (TPSA) is 106 Å². The minimum absolute atomic E-state index is 0.508. The van der Waals surface area contributed by atoms with E-state index in [0.29, 0.717) is 23.4 Å². The highest BCUT2D eigenvalue weighted by Gasteiger charge is 2.20. The smallest absolute Gasteiger partial charge is 0.227 e. The number of thiazole rings is 1. The standard InChI is InChI=1S/C48H27N7OS2/c1-2-11-27(12-3-1)43-49-34-22-21-28(26-37(34)50-43)44-53-45(55-46(54-44)33-14-10-20-41-42(33)32-13-4-8-18-39(32)57-41)29-23-30(47-51-35-15-5-7-17-38(35)56-47)25-31(24-29)48-52-36-16-6-9-19-40(36)58-48/h1-26H,(H,49,50). The van der Waals surface area contributed by atoms with Gasteiger partial charge in [-0.1, -0.05) is 84.9 Å². The van der Waals surface area contributed by atoms with Crippen molar-refractivity contribution in [1.29, 1.82) is 0 Å². The van der Waals surface area contributed by atoms with Gasteiger partial charge in [0.15, 0.2) is 23.1 Å². The Morgan fingerprint density at radius 3 is 2.03 bits per heavy atom. The molecule has 5 heterocycles. The van der Waals surface area contributed by atoms with Crippen molar-refractivity contribution in [2.24, 2.45) is 0 Å². The van der Waals surface area contributed by atoms with Gasteiger partial charge in [0.05, 0.1) is 21.3 Å². The summed E-state index contributed by atoms with van der Waals surface area (Å²) in [6.07, 6.45) is 0. The first-order valence-electron chi connectivity index (χ1n) is 18.8. The second-order valence-electron chi connectivity index (χ2n) is 14.0. The van der Waals surface area contributed by atoms with Crippen LogP contribution in [0, 0.1) is 0 Å². The van der Waals surface area contributed by atoms with Gasteiger partial charge in [0.1, 0.15) is 16.3 Å². The van der Waals surface area contributed by atoms with Crippen LogP contribution in [0.15, 0.2) is 162 Å². The molecule has 0 saturated heterocycles. The molecule has 8 nitrogen and oxygen atoms in total. The summed E-state index contributed by atoms with van der Waals surface area (Å²) in [6.45, 7) is 0. The minimum Gasteiger partial charge on any atom is -0.436 e. The average Bonchev–Trinajstić information content (AvgIpc) is 4.09. The molecule has 0 saturated carbocycles. The molecule has 0 aliphatic carbocycles. The van der Waals surface area contributed by atoms with E-state index >= 15 is 0 Å². The number of nitrogens with one attached hydrogen (secondary N) is 1. The number of para-hydroxylation sites is 3. The van der Waals surface area contributed by atoms with Crippen LogP contribution >= 0.6 is 22.7 Å². The molecule has 0 amide bonds. The molecule has 0 spiro atoms. The number of fused-ring (bicyclic) bond motifs is 6. The van der Waals surface area contributed by atoms with Crippen LogP contribution in [-0.2, 0) is 0 Å². The number of imidazole rings is 1. The Bertz CT molecular complexity index is 3390. The summed E-state index contributed by atoms with van der Waals surface area (Å²) in [7, 11) is 0. The Morgan fingerprint density at radius 2 is 1.16 bits per heavy atom. The van der Waals surface area contributed by atoms with E-state index in [2.05, 4.69) is 89.9 Å². The summed E-state index contributed by atoms with van der Waals surface area (Å²) in [5.41, 5.74) is 9.49. The minimum atomic E-state index is 0.508. The van der Waals surface area contributed by atoms with Crippen molar-refractivity contribution in [3.63, 3.8) is 0 Å². The Hall–Kier alpha value is -7.40. The fourth-order valence-electron chi connectivity index (χ4n) is 7.59. The van der Waals surface area contributed by atoms with E-state index in [1.165, 1.54) is 14.8 Å². The molecular weight excluding hydrogens is 755 g/mol. The molecule has 0 fully saturated rings. The van der Waals surface area contributed by atoms with Crippen molar-refractivity contribution < 1.29 is 4.42 Å². The molecule has 1 N–H and O–H groups in total. The van der Waals surface area contributed by atoms with Crippen molar-refractivity contribution in [3.05, 3.63) is 158 Å². The molecule has 0 aliphatic rings. The predicted molar refractivity (Wildman–Crippen MR) is 236 cm³/mol. The van der Waals surface area contributed by atoms with Crippen molar-refractivity contribution in [2.45, 2.75) is 0 Å². The van der Waals surface area contributed by atoms with E-state index in [0.717, 1.165) is 81.9 Å². The van der Waals surface area contributed by atoms with Crippen LogP contribution in [0.2, 0.25) is 0 Å². The van der Waals surface area contributed by atoms with E-state index in [-0.39, 0.29) is 0 Å². The molecule has 0 unspecified atom stereocenters. The molecular formula is C48H27N7OS2. The maximum Gasteiger partial charge on any atom is 0.227 e. The van der Waals surface area contributed by atoms with Gasteiger partial charge < -0.3 is 9.40 Å². The first-order valence-corrected chi connectivity index (χ1v) is 20.4. The number of rotatable bonds is 6. The molecule has 272 valence electrons. The molecule has 0 aliphatic heterocycles. The van der Waals surface area contributed by atoms with Crippen LogP contribution in [0.3, 0.4) is 0 Å². The van der Waals surface area contributed by atoms with Gasteiger partial charge >= 0.3 is 0 Å². The molecule has 0 bridgehead atoms. The zero-order valence-electron chi connectivity index (χ0n) is 30.4. The maximum absolute atomic E-state index is 6.35. The predicted octanol–water partition coefficient (Wildman–Crippen LogP) is 12.9. The van der Waals surface area contributed by atoms with Crippen LogP contribution in [-0.4, -0.2) is 34.9 Å². The lowest BCUT2D eigenvalue weighted by atomic mass is 10.0. The Labute approximate surface area is 338 Å². The summed E-state index contributed by atoms with van der Waals surface area (Å²) >= 11 is 3.42.